The first-order chi connectivity index (χ1) is 9.70. The van der Waals surface area contributed by atoms with Gasteiger partial charge in [0.05, 0.1) is 0 Å². The Labute approximate surface area is 121 Å². The number of hydrogen-bond donors (Lipinski definition) is 1. The number of hydrogen-bond acceptors (Lipinski definition) is 4. The van der Waals surface area contributed by atoms with Crippen LogP contribution in [0.3, 0.4) is 0 Å². The highest BCUT2D eigenvalue weighted by molar-refractivity contribution is 5.30. The highest BCUT2D eigenvalue weighted by atomic mass is 16.1. The molecule has 0 amide bonds. The molecule has 1 atom stereocenters. The summed E-state index contributed by atoms with van der Waals surface area (Å²) in [5.74, 6) is 1.00. The summed E-state index contributed by atoms with van der Waals surface area (Å²) < 4.78 is 1.72. The smallest absolute Gasteiger partial charge is 0.293 e. The molecule has 5 heteroatoms. The molecule has 1 aromatic rings. The van der Waals surface area contributed by atoms with Gasteiger partial charge in [-0.25, -0.2) is 4.98 Å². The van der Waals surface area contributed by atoms with E-state index in [1.54, 1.807) is 17.0 Å². The number of rotatable bonds is 7. The molecule has 112 valence electrons. The molecule has 1 fully saturated rings. The maximum Gasteiger partial charge on any atom is 0.293 e. The lowest BCUT2D eigenvalue weighted by atomic mass is 10.1. The van der Waals surface area contributed by atoms with Gasteiger partial charge in [0.15, 0.2) is 5.82 Å². The molecule has 1 saturated heterocycles. The Bertz CT molecular complexity index is 465. The summed E-state index contributed by atoms with van der Waals surface area (Å²) in [6, 6.07) is 0. The fourth-order valence-electron chi connectivity index (χ4n) is 2.73. The summed E-state index contributed by atoms with van der Waals surface area (Å²) in [6.07, 6.45) is 7.05. The first kappa shape index (κ1) is 15.0. The summed E-state index contributed by atoms with van der Waals surface area (Å²) in [5, 5.41) is 3.21. The second-order valence-electron chi connectivity index (χ2n) is 5.77. The van der Waals surface area contributed by atoms with E-state index in [9.17, 15) is 4.79 Å². The van der Waals surface area contributed by atoms with Crippen LogP contribution in [0.1, 0.15) is 33.1 Å². The number of nitrogens with zero attached hydrogens (tertiary/aromatic N) is 3. The molecule has 0 bridgehead atoms. The van der Waals surface area contributed by atoms with Gasteiger partial charge in [-0.1, -0.05) is 13.8 Å². The van der Waals surface area contributed by atoms with Crippen molar-refractivity contribution in [2.24, 2.45) is 5.92 Å². The predicted molar refractivity (Wildman–Crippen MR) is 82.1 cm³/mol. The molecule has 1 aliphatic heterocycles. The number of nitrogens with one attached hydrogen (secondary N) is 1. The van der Waals surface area contributed by atoms with Crippen LogP contribution < -0.4 is 10.9 Å². The van der Waals surface area contributed by atoms with Gasteiger partial charge in [0.1, 0.15) is 0 Å². The normalized spacial score (nSPS) is 17.3. The predicted octanol–water partition coefficient (Wildman–Crippen LogP) is 1.80. The molecule has 20 heavy (non-hydrogen) atoms. The van der Waals surface area contributed by atoms with Crippen molar-refractivity contribution in [2.75, 3.05) is 31.5 Å². The van der Waals surface area contributed by atoms with E-state index in [1.807, 2.05) is 0 Å². The van der Waals surface area contributed by atoms with E-state index in [0.717, 1.165) is 26.1 Å². The first-order valence-electron chi connectivity index (χ1n) is 7.72. The lowest BCUT2D eigenvalue weighted by Crippen LogP contribution is -2.31. The van der Waals surface area contributed by atoms with Crippen molar-refractivity contribution in [2.45, 2.75) is 39.7 Å². The Hall–Kier alpha value is -1.36. The Morgan fingerprint density at radius 3 is 2.85 bits per heavy atom. The van der Waals surface area contributed by atoms with Gasteiger partial charge < -0.3 is 14.8 Å². The van der Waals surface area contributed by atoms with Crippen molar-refractivity contribution in [1.29, 1.82) is 0 Å². The molecule has 0 spiro atoms. The summed E-state index contributed by atoms with van der Waals surface area (Å²) in [4.78, 5) is 18.8. The third-order valence-corrected chi connectivity index (χ3v) is 3.76. The first-order valence-corrected chi connectivity index (χ1v) is 7.72. The molecule has 0 aliphatic carbocycles. The van der Waals surface area contributed by atoms with Crippen LogP contribution in [0, 0.1) is 5.92 Å². The van der Waals surface area contributed by atoms with E-state index < -0.39 is 0 Å². The van der Waals surface area contributed by atoms with Crippen LogP contribution in [-0.2, 0) is 6.54 Å². The van der Waals surface area contributed by atoms with Crippen molar-refractivity contribution in [3.63, 3.8) is 0 Å². The molecule has 2 heterocycles. The lowest BCUT2D eigenvalue weighted by molar-refractivity contribution is 0.294. The quantitative estimate of drug-likeness (QED) is 0.826. The molecule has 1 aliphatic rings. The van der Waals surface area contributed by atoms with Crippen LogP contribution in [0.15, 0.2) is 17.2 Å². The molecular formula is C15H26N4O. The van der Waals surface area contributed by atoms with Gasteiger partial charge in [0, 0.05) is 32.0 Å². The highest BCUT2D eigenvalue weighted by Gasteiger charge is 2.15. The average Bonchev–Trinajstić information content (AvgIpc) is 2.93. The maximum absolute atomic E-state index is 12.1. The molecule has 0 aromatic carbocycles. The van der Waals surface area contributed by atoms with Crippen molar-refractivity contribution < 1.29 is 0 Å². The molecule has 0 saturated carbocycles. The van der Waals surface area contributed by atoms with E-state index in [4.69, 9.17) is 0 Å². The Morgan fingerprint density at radius 1 is 1.40 bits per heavy atom. The van der Waals surface area contributed by atoms with Crippen LogP contribution in [0.5, 0.6) is 0 Å². The topological polar surface area (TPSA) is 50.2 Å². The summed E-state index contributed by atoms with van der Waals surface area (Å²) in [6.45, 7) is 9.38. The zero-order valence-electron chi connectivity index (χ0n) is 12.6. The maximum atomic E-state index is 12.1. The van der Waals surface area contributed by atoms with Gasteiger partial charge in [-0.05, 0) is 38.3 Å². The third kappa shape index (κ3) is 4.07. The van der Waals surface area contributed by atoms with E-state index >= 15 is 0 Å². The Morgan fingerprint density at radius 2 is 2.15 bits per heavy atom. The fraction of sp³-hybridized carbons (Fsp3) is 0.733. The monoisotopic (exact) mass is 278 g/mol. The Kier molecular flexibility index (Phi) is 5.59. The zero-order valence-corrected chi connectivity index (χ0v) is 12.6. The minimum Gasteiger partial charge on any atom is -0.365 e. The molecule has 1 aromatic heterocycles. The Balaban J connectivity index is 1.86. The number of anilines is 1. The van der Waals surface area contributed by atoms with Crippen LogP contribution in [0.2, 0.25) is 0 Å². The third-order valence-electron chi connectivity index (χ3n) is 3.76. The largest absolute Gasteiger partial charge is 0.365 e. The number of aromatic nitrogens is 2. The van der Waals surface area contributed by atoms with Crippen LogP contribution in [0.4, 0.5) is 5.82 Å². The van der Waals surface area contributed by atoms with E-state index in [0.29, 0.717) is 11.7 Å². The van der Waals surface area contributed by atoms with Gasteiger partial charge in [-0.15, -0.1) is 0 Å². The van der Waals surface area contributed by atoms with Crippen LogP contribution >= 0.6 is 0 Å². The molecule has 0 radical (unpaired) electrons. The van der Waals surface area contributed by atoms with Crippen molar-refractivity contribution in [1.82, 2.24) is 14.5 Å². The average molecular weight is 278 g/mol. The summed E-state index contributed by atoms with van der Waals surface area (Å²) in [5.41, 5.74) is -0.0114. The summed E-state index contributed by atoms with van der Waals surface area (Å²) >= 11 is 0. The molecule has 1 unspecified atom stereocenters. The zero-order chi connectivity index (χ0) is 14.4. The van der Waals surface area contributed by atoms with Crippen LogP contribution in [-0.4, -0.2) is 40.6 Å². The lowest BCUT2D eigenvalue weighted by Gasteiger charge is -2.20. The van der Waals surface area contributed by atoms with Crippen molar-refractivity contribution in [3.8, 4) is 0 Å². The molecule has 2 rings (SSSR count). The van der Waals surface area contributed by atoms with Crippen molar-refractivity contribution in [3.05, 3.63) is 22.7 Å². The SMILES string of the molecule is CCCn1ccnc(NCC(C)CN2CCCC2)c1=O. The van der Waals surface area contributed by atoms with Gasteiger partial charge in [-0.3, -0.25) is 4.79 Å². The van der Waals surface area contributed by atoms with Crippen molar-refractivity contribution >= 4 is 5.82 Å². The van der Waals surface area contributed by atoms with Gasteiger partial charge in [0.2, 0.25) is 0 Å². The van der Waals surface area contributed by atoms with Gasteiger partial charge >= 0.3 is 0 Å². The van der Waals surface area contributed by atoms with E-state index in [-0.39, 0.29) is 5.56 Å². The van der Waals surface area contributed by atoms with Gasteiger partial charge in [-0.2, -0.15) is 0 Å². The van der Waals surface area contributed by atoms with E-state index in [1.165, 1.54) is 25.9 Å². The second kappa shape index (κ2) is 7.43. The number of likely N-dealkylation sites (tertiary alicyclic amines) is 1. The number of aryl methyl sites for hydroxylation is 1. The molecule has 1 N–H and O–H groups in total. The highest BCUT2D eigenvalue weighted by Crippen LogP contribution is 2.10. The minimum atomic E-state index is -0.0114. The molecule has 5 nitrogen and oxygen atoms in total. The fourth-order valence-corrected chi connectivity index (χ4v) is 2.73. The minimum absolute atomic E-state index is 0.0114. The second-order valence-corrected chi connectivity index (χ2v) is 5.77. The van der Waals surface area contributed by atoms with E-state index in [2.05, 4.69) is 29.0 Å². The van der Waals surface area contributed by atoms with Gasteiger partial charge in [0.25, 0.3) is 5.56 Å². The standard InChI is InChI=1S/C15H26N4O/c1-3-7-19-10-6-16-14(15(19)20)17-11-13(2)12-18-8-4-5-9-18/h6,10,13H,3-5,7-9,11-12H2,1-2H3,(H,16,17). The summed E-state index contributed by atoms with van der Waals surface area (Å²) in [7, 11) is 0. The molecular weight excluding hydrogens is 252 g/mol. The van der Waals surface area contributed by atoms with Crippen LogP contribution in [0.25, 0.3) is 0 Å².